The van der Waals surface area contributed by atoms with Crippen molar-refractivity contribution in [2.45, 2.75) is 34.1 Å². The Kier molecular flexibility index (Phi) is 5.31. The first-order chi connectivity index (χ1) is 7.57. The van der Waals surface area contributed by atoms with E-state index in [0.29, 0.717) is 5.41 Å². The van der Waals surface area contributed by atoms with E-state index in [4.69, 9.17) is 0 Å². The standard InChI is InChI=1S/C14H26N2/c1-5-7-8-15-9-11-16(12-10-15)13-14(3,4)6-2/h6,8-13H2,1-4H3. The van der Waals surface area contributed by atoms with Gasteiger partial charge in [0.2, 0.25) is 0 Å². The molecule has 1 aliphatic heterocycles. The topological polar surface area (TPSA) is 6.48 Å². The van der Waals surface area contributed by atoms with E-state index in [1.165, 1.54) is 39.1 Å². The van der Waals surface area contributed by atoms with Gasteiger partial charge in [0.1, 0.15) is 0 Å². The second kappa shape index (κ2) is 6.27. The van der Waals surface area contributed by atoms with Crippen LogP contribution in [0, 0.1) is 17.3 Å². The molecule has 0 aromatic rings. The monoisotopic (exact) mass is 222 g/mol. The first kappa shape index (κ1) is 13.5. The molecular formula is C14H26N2. The second-order valence-corrected chi connectivity index (χ2v) is 5.50. The van der Waals surface area contributed by atoms with Gasteiger partial charge in [0.25, 0.3) is 0 Å². The van der Waals surface area contributed by atoms with Gasteiger partial charge in [-0.3, -0.25) is 4.90 Å². The van der Waals surface area contributed by atoms with Crippen LogP contribution in [0.25, 0.3) is 0 Å². The minimum atomic E-state index is 0.464. The Bertz CT molecular complexity index is 252. The van der Waals surface area contributed by atoms with E-state index in [2.05, 4.69) is 42.4 Å². The first-order valence-corrected chi connectivity index (χ1v) is 6.42. The van der Waals surface area contributed by atoms with Gasteiger partial charge in [-0.1, -0.05) is 26.7 Å². The second-order valence-electron chi connectivity index (χ2n) is 5.50. The van der Waals surface area contributed by atoms with Gasteiger partial charge in [0, 0.05) is 32.7 Å². The summed E-state index contributed by atoms with van der Waals surface area (Å²) in [6, 6.07) is 0. The van der Waals surface area contributed by atoms with Gasteiger partial charge in [0.05, 0.1) is 6.54 Å². The van der Waals surface area contributed by atoms with Crippen LogP contribution in [0.2, 0.25) is 0 Å². The van der Waals surface area contributed by atoms with Crippen LogP contribution in [-0.2, 0) is 0 Å². The minimum Gasteiger partial charge on any atom is -0.300 e. The Labute approximate surface area is 101 Å². The zero-order valence-electron chi connectivity index (χ0n) is 11.3. The molecule has 0 aliphatic carbocycles. The smallest absolute Gasteiger partial charge is 0.0602 e. The summed E-state index contributed by atoms with van der Waals surface area (Å²) < 4.78 is 0. The predicted octanol–water partition coefficient (Wildman–Crippen LogP) is 2.06. The number of hydrogen-bond acceptors (Lipinski definition) is 2. The molecule has 0 unspecified atom stereocenters. The van der Waals surface area contributed by atoms with E-state index >= 15 is 0 Å². The van der Waals surface area contributed by atoms with Crippen molar-refractivity contribution in [3.8, 4) is 11.8 Å². The lowest BCUT2D eigenvalue weighted by molar-refractivity contribution is 0.103. The number of rotatable bonds is 4. The lowest BCUT2D eigenvalue weighted by Gasteiger charge is -2.38. The zero-order chi connectivity index (χ0) is 12.0. The predicted molar refractivity (Wildman–Crippen MR) is 70.4 cm³/mol. The third kappa shape index (κ3) is 4.55. The van der Waals surface area contributed by atoms with Crippen LogP contribution in [-0.4, -0.2) is 49.1 Å². The fraction of sp³-hybridized carbons (Fsp3) is 0.857. The van der Waals surface area contributed by atoms with Crippen molar-refractivity contribution in [2.24, 2.45) is 5.41 Å². The molecule has 1 aliphatic rings. The van der Waals surface area contributed by atoms with Crippen molar-refractivity contribution in [3.05, 3.63) is 0 Å². The Morgan fingerprint density at radius 1 is 1.06 bits per heavy atom. The molecular weight excluding hydrogens is 196 g/mol. The average Bonchev–Trinajstić information content (AvgIpc) is 2.28. The molecule has 0 saturated carbocycles. The van der Waals surface area contributed by atoms with Gasteiger partial charge in [-0.25, -0.2) is 0 Å². The van der Waals surface area contributed by atoms with Gasteiger partial charge in [-0.2, -0.15) is 0 Å². The van der Waals surface area contributed by atoms with Crippen molar-refractivity contribution in [3.63, 3.8) is 0 Å². The van der Waals surface area contributed by atoms with E-state index in [1.807, 2.05) is 6.92 Å². The highest BCUT2D eigenvalue weighted by Crippen LogP contribution is 2.21. The van der Waals surface area contributed by atoms with E-state index in [1.54, 1.807) is 0 Å². The molecule has 1 fully saturated rings. The fourth-order valence-corrected chi connectivity index (χ4v) is 2.01. The molecule has 1 saturated heterocycles. The van der Waals surface area contributed by atoms with Crippen LogP contribution in [0.15, 0.2) is 0 Å². The van der Waals surface area contributed by atoms with E-state index in [-0.39, 0.29) is 0 Å². The Hall–Kier alpha value is -0.520. The summed E-state index contributed by atoms with van der Waals surface area (Å²) in [7, 11) is 0. The van der Waals surface area contributed by atoms with E-state index in [9.17, 15) is 0 Å². The largest absolute Gasteiger partial charge is 0.300 e. The summed E-state index contributed by atoms with van der Waals surface area (Å²) in [4.78, 5) is 5.05. The third-order valence-electron chi connectivity index (χ3n) is 3.55. The van der Waals surface area contributed by atoms with Crippen LogP contribution in [0.1, 0.15) is 34.1 Å². The Balaban J connectivity index is 2.28. The van der Waals surface area contributed by atoms with Crippen molar-refractivity contribution in [1.82, 2.24) is 9.80 Å². The highest BCUT2D eigenvalue weighted by molar-refractivity contribution is 4.98. The van der Waals surface area contributed by atoms with Crippen molar-refractivity contribution < 1.29 is 0 Å². The van der Waals surface area contributed by atoms with Crippen LogP contribution in [0.3, 0.4) is 0 Å². The number of piperazine rings is 1. The lowest BCUT2D eigenvalue weighted by atomic mass is 9.89. The fourth-order valence-electron chi connectivity index (χ4n) is 2.01. The van der Waals surface area contributed by atoms with Crippen LogP contribution in [0.5, 0.6) is 0 Å². The number of hydrogen-bond donors (Lipinski definition) is 0. The summed E-state index contributed by atoms with van der Waals surface area (Å²) >= 11 is 0. The summed E-state index contributed by atoms with van der Waals surface area (Å²) in [5.74, 6) is 6.12. The van der Waals surface area contributed by atoms with Gasteiger partial charge in [-0.05, 0) is 18.8 Å². The maximum atomic E-state index is 3.15. The molecule has 2 nitrogen and oxygen atoms in total. The average molecular weight is 222 g/mol. The van der Waals surface area contributed by atoms with Crippen LogP contribution < -0.4 is 0 Å². The summed E-state index contributed by atoms with van der Waals surface area (Å²) in [5.41, 5.74) is 0.464. The SMILES string of the molecule is CC#CCN1CCN(CC(C)(C)CC)CC1. The summed E-state index contributed by atoms with van der Waals surface area (Å²) in [6.07, 6.45) is 1.26. The minimum absolute atomic E-state index is 0.464. The quantitative estimate of drug-likeness (QED) is 0.672. The Morgan fingerprint density at radius 3 is 2.12 bits per heavy atom. The van der Waals surface area contributed by atoms with Crippen molar-refractivity contribution in [2.75, 3.05) is 39.3 Å². The third-order valence-corrected chi connectivity index (χ3v) is 3.55. The maximum absolute atomic E-state index is 3.15. The van der Waals surface area contributed by atoms with Gasteiger partial charge in [-0.15, -0.1) is 5.92 Å². The summed E-state index contributed by atoms with van der Waals surface area (Å²) in [5, 5.41) is 0. The zero-order valence-corrected chi connectivity index (χ0v) is 11.3. The molecule has 0 N–H and O–H groups in total. The molecule has 0 spiro atoms. The first-order valence-electron chi connectivity index (χ1n) is 6.42. The highest BCUT2D eigenvalue weighted by atomic mass is 15.3. The summed E-state index contributed by atoms with van der Waals surface area (Å²) in [6.45, 7) is 15.9. The molecule has 0 aromatic carbocycles. The van der Waals surface area contributed by atoms with E-state index < -0.39 is 0 Å². The molecule has 1 rings (SSSR count). The van der Waals surface area contributed by atoms with Crippen LogP contribution in [0.4, 0.5) is 0 Å². The van der Waals surface area contributed by atoms with Gasteiger partial charge < -0.3 is 4.90 Å². The van der Waals surface area contributed by atoms with Crippen molar-refractivity contribution in [1.29, 1.82) is 0 Å². The molecule has 0 atom stereocenters. The molecule has 1 heterocycles. The number of nitrogens with zero attached hydrogens (tertiary/aromatic N) is 2. The van der Waals surface area contributed by atoms with Crippen molar-refractivity contribution >= 4 is 0 Å². The normalized spacial score (nSPS) is 19.2. The molecule has 0 bridgehead atoms. The maximum Gasteiger partial charge on any atom is 0.0602 e. The molecule has 92 valence electrons. The molecule has 0 amide bonds. The van der Waals surface area contributed by atoms with Gasteiger partial charge >= 0.3 is 0 Å². The van der Waals surface area contributed by atoms with Crippen LogP contribution >= 0.6 is 0 Å². The molecule has 0 radical (unpaired) electrons. The lowest BCUT2D eigenvalue weighted by Crippen LogP contribution is -2.48. The molecule has 16 heavy (non-hydrogen) atoms. The van der Waals surface area contributed by atoms with E-state index in [0.717, 1.165) is 6.54 Å². The molecule has 2 heteroatoms. The van der Waals surface area contributed by atoms with Gasteiger partial charge in [0.15, 0.2) is 0 Å². The molecule has 0 aromatic heterocycles. The Morgan fingerprint density at radius 2 is 1.62 bits per heavy atom. The highest BCUT2D eigenvalue weighted by Gasteiger charge is 2.22.